The van der Waals surface area contributed by atoms with E-state index in [0.717, 1.165) is 10.2 Å². The Morgan fingerprint density at radius 3 is 2.62 bits per heavy atom. The lowest BCUT2D eigenvalue weighted by Gasteiger charge is -2.27. The Labute approximate surface area is 135 Å². The summed E-state index contributed by atoms with van der Waals surface area (Å²) < 4.78 is 6.89. The number of anilines is 1. The summed E-state index contributed by atoms with van der Waals surface area (Å²) in [5.41, 5.74) is 2.32. The molecule has 2 nitrogen and oxygen atoms in total. The lowest BCUT2D eigenvalue weighted by atomic mass is 10.2. The molecule has 21 heavy (non-hydrogen) atoms. The summed E-state index contributed by atoms with van der Waals surface area (Å²) in [6, 6.07) is 18.6. The van der Waals surface area contributed by atoms with Gasteiger partial charge >= 0.3 is 0 Å². The predicted molar refractivity (Wildman–Crippen MR) is 92.6 cm³/mol. The van der Waals surface area contributed by atoms with Gasteiger partial charge in [-0.1, -0.05) is 58.4 Å². The molecule has 2 aromatic rings. The summed E-state index contributed by atoms with van der Waals surface area (Å²) in [5.74, 6) is 0. The molecule has 2 rings (SSSR count). The van der Waals surface area contributed by atoms with Gasteiger partial charge in [0.15, 0.2) is 0 Å². The van der Waals surface area contributed by atoms with Crippen LogP contribution in [0.5, 0.6) is 0 Å². The molecule has 0 bridgehead atoms. The van der Waals surface area contributed by atoms with Crippen LogP contribution in [0.3, 0.4) is 0 Å². The van der Waals surface area contributed by atoms with Crippen molar-refractivity contribution in [2.75, 3.05) is 18.6 Å². The van der Waals surface area contributed by atoms with Crippen LogP contribution in [0.15, 0.2) is 71.7 Å². The van der Waals surface area contributed by atoms with Crippen molar-refractivity contribution in [2.24, 2.45) is 0 Å². The smallest absolute Gasteiger partial charge is 0.0718 e. The average molecular weight is 346 g/mol. The zero-order valence-electron chi connectivity index (χ0n) is 12.2. The number of rotatable bonds is 7. The molecular formula is C18H20BrNO. The van der Waals surface area contributed by atoms with Gasteiger partial charge < -0.3 is 9.64 Å². The van der Waals surface area contributed by atoms with Crippen molar-refractivity contribution in [3.8, 4) is 0 Å². The third kappa shape index (κ3) is 4.73. The fourth-order valence-electron chi connectivity index (χ4n) is 2.10. The van der Waals surface area contributed by atoms with E-state index in [1.807, 2.05) is 36.4 Å². The van der Waals surface area contributed by atoms with Gasteiger partial charge in [0.2, 0.25) is 0 Å². The van der Waals surface area contributed by atoms with Gasteiger partial charge in [0.05, 0.1) is 19.3 Å². The molecule has 0 aliphatic carbocycles. The maximum atomic E-state index is 5.82. The van der Waals surface area contributed by atoms with Gasteiger partial charge in [-0.2, -0.15) is 0 Å². The number of benzene rings is 2. The minimum atomic E-state index is 0.142. The molecule has 0 heterocycles. The van der Waals surface area contributed by atoms with Gasteiger partial charge in [0, 0.05) is 17.2 Å². The summed E-state index contributed by atoms with van der Waals surface area (Å²) in [4.78, 5) is 2.17. The molecule has 1 atom stereocenters. The van der Waals surface area contributed by atoms with E-state index in [-0.39, 0.29) is 6.04 Å². The molecule has 0 spiro atoms. The van der Waals surface area contributed by atoms with Crippen LogP contribution in [-0.4, -0.2) is 19.7 Å². The molecule has 0 saturated carbocycles. The highest BCUT2D eigenvalue weighted by atomic mass is 79.9. The van der Waals surface area contributed by atoms with Gasteiger partial charge in [-0.25, -0.2) is 0 Å². The number of nitrogens with zero attached hydrogens (tertiary/aromatic N) is 1. The summed E-state index contributed by atoms with van der Waals surface area (Å²) in [6.45, 7) is 5.16. The largest absolute Gasteiger partial charge is 0.374 e. The molecule has 0 saturated heterocycles. The molecule has 0 aliphatic heterocycles. The third-order valence-electron chi connectivity index (χ3n) is 3.39. The van der Waals surface area contributed by atoms with E-state index < -0.39 is 0 Å². The monoisotopic (exact) mass is 345 g/mol. The van der Waals surface area contributed by atoms with E-state index in [0.29, 0.717) is 13.2 Å². The molecule has 0 amide bonds. The lowest BCUT2D eigenvalue weighted by Crippen LogP contribution is -2.33. The minimum Gasteiger partial charge on any atom is -0.374 e. The number of likely N-dealkylation sites (N-methyl/N-ethyl adjacent to an activating group) is 1. The quantitative estimate of drug-likeness (QED) is 0.677. The van der Waals surface area contributed by atoms with E-state index in [2.05, 4.69) is 58.7 Å². The van der Waals surface area contributed by atoms with Crippen molar-refractivity contribution in [1.29, 1.82) is 0 Å². The average Bonchev–Trinajstić information content (AvgIpc) is 2.52. The Balaban J connectivity index is 1.92. The summed E-state index contributed by atoms with van der Waals surface area (Å²) >= 11 is 3.50. The SMILES string of the molecule is C=C[C@@H](COCc1ccccc1)N(C)c1cccc(Br)c1. The molecule has 0 N–H and O–H groups in total. The van der Waals surface area contributed by atoms with Gasteiger partial charge in [0.1, 0.15) is 0 Å². The fourth-order valence-corrected chi connectivity index (χ4v) is 2.48. The van der Waals surface area contributed by atoms with E-state index in [4.69, 9.17) is 4.74 Å². The normalized spacial score (nSPS) is 11.9. The molecule has 0 unspecified atom stereocenters. The van der Waals surface area contributed by atoms with Crippen molar-refractivity contribution < 1.29 is 4.74 Å². The number of hydrogen-bond acceptors (Lipinski definition) is 2. The number of hydrogen-bond donors (Lipinski definition) is 0. The molecular weight excluding hydrogens is 326 g/mol. The Hall–Kier alpha value is -1.58. The van der Waals surface area contributed by atoms with Crippen molar-refractivity contribution in [3.05, 3.63) is 77.3 Å². The molecule has 0 aromatic heterocycles. The third-order valence-corrected chi connectivity index (χ3v) is 3.88. The maximum Gasteiger partial charge on any atom is 0.0718 e. The predicted octanol–water partition coefficient (Wildman–Crippen LogP) is 4.66. The lowest BCUT2D eigenvalue weighted by molar-refractivity contribution is 0.115. The molecule has 0 aliphatic rings. The maximum absolute atomic E-state index is 5.82. The van der Waals surface area contributed by atoms with Crippen molar-refractivity contribution in [1.82, 2.24) is 0 Å². The highest BCUT2D eigenvalue weighted by molar-refractivity contribution is 9.10. The van der Waals surface area contributed by atoms with E-state index in [9.17, 15) is 0 Å². The molecule has 110 valence electrons. The van der Waals surface area contributed by atoms with Crippen LogP contribution in [0.1, 0.15) is 5.56 Å². The van der Waals surface area contributed by atoms with Crippen molar-refractivity contribution in [2.45, 2.75) is 12.6 Å². The molecule has 0 radical (unpaired) electrons. The second-order valence-corrected chi connectivity index (χ2v) is 5.81. The van der Waals surface area contributed by atoms with E-state index in [1.165, 1.54) is 5.56 Å². The summed E-state index contributed by atoms with van der Waals surface area (Å²) in [7, 11) is 2.06. The zero-order chi connectivity index (χ0) is 15.1. The number of halogens is 1. The van der Waals surface area contributed by atoms with Crippen LogP contribution in [0.25, 0.3) is 0 Å². The van der Waals surface area contributed by atoms with Gasteiger partial charge in [-0.05, 0) is 23.8 Å². The highest BCUT2D eigenvalue weighted by Crippen LogP contribution is 2.21. The first-order chi connectivity index (χ1) is 10.2. The van der Waals surface area contributed by atoms with Crippen LogP contribution in [0, 0.1) is 0 Å². The topological polar surface area (TPSA) is 12.5 Å². The fraction of sp³-hybridized carbons (Fsp3) is 0.222. The minimum absolute atomic E-state index is 0.142. The zero-order valence-corrected chi connectivity index (χ0v) is 13.8. The Bertz CT molecular complexity index is 570. The molecule has 3 heteroatoms. The second-order valence-electron chi connectivity index (χ2n) is 4.89. The van der Waals surface area contributed by atoms with E-state index in [1.54, 1.807) is 0 Å². The van der Waals surface area contributed by atoms with Crippen molar-refractivity contribution >= 4 is 21.6 Å². The Morgan fingerprint density at radius 1 is 1.19 bits per heavy atom. The van der Waals surface area contributed by atoms with Gasteiger partial charge in [-0.3, -0.25) is 0 Å². The van der Waals surface area contributed by atoms with Crippen LogP contribution in [-0.2, 0) is 11.3 Å². The first-order valence-electron chi connectivity index (χ1n) is 6.93. The van der Waals surface area contributed by atoms with Crippen LogP contribution < -0.4 is 4.90 Å². The van der Waals surface area contributed by atoms with Crippen LogP contribution in [0.4, 0.5) is 5.69 Å². The molecule has 2 aromatic carbocycles. The number of ether oxygens (including phenoxy) is 1. The van der Waals surface area contributed by atoms with E-state index >= 15 is 0 Å². The first kappa shape index (κ1) is 15.8. The summed E-state index contributed by atoms with van der Waals surface area (Å²) in [6.07, 6.45) is 1.92. The highest BCUT2D eigenvalue weighted by Gasteiger charge is 2.12. The Kier molecular flexibility index (Phi) is 6.03. The van der Waals surface area contributed by atoms with Gasteiger partial charge in [0.25, 0.3) is 0 Å². The second kappa shape index (κ2) is 8.01. The van der Waals surface area contributed by atoms with Crippen LogP contribution in [0.2, 0.25) is 0 Å². The van der Waals surface area contributed by atoms with Crippen molar-refractivity contribution in [3.63, 3.8) is 0 Å². The van der Waals surface area contributed by atoms with Gasteiger partial charge in [-0.15, -0.1) is 6.58 Å². The standard InChI is InChI=1S/C18H20BrNO/c1-3-17(14-21-13-15-8-5-4-6-9-15)20(2)18-11-7-10-16(19)12-18/h3-12,17H,1,13-14H2,2H3/t17-/m0/s1. The van der Waals surface area contributed by atoms with Crippen LogP contribution >= 0.6 is 15.9 Å². The summed E-state index contributed by atoms with van der Waals surface area (Å²) in [5, 5.41) is 0. The molecule has 0 fully saturated rings. The first-order valence-corrected chi connectivity index (χ1v) is 7.72. The Morgan fingerprint density at radius 2 is 1.95 bits per heavy atom.